The van der Waals surface area contributed by atoms with Crippen LogP contribution < -0.4 is 5.32 Å². The average molecular weight is 412 g/mol. The zero-order valence-corrected chi connectivity index (χ0v) is 15.2. The minimum Gasteiger partial charge on any atom is -0.338 e. The zero-order chi connectivity index (χ0) is 18.5. The number of carbonyl (C=O) groups is 2. The van der Waals surface area contributed by atoms with Gasteiger partial charge < -0.3 is 5.32 Å². The van der Waals surface area contributed by atoms with Crippen LogP contribution in [0.4, 0.5) is 4.39 Å². The summed E-state index contributed by atoms with van der Waals surface area (Å²) in [5.74, 6) is -1.06. The van der Waals surface area contributed by atoms with Crippen molar-refractivity contribution in [3.8, 4) is 0 Å². The average Bonchev–Trinajstić information content (AvgIpc) is 2.67. The van der Waals surface area contributed by atoms with E-state index in [1.807, 2.05) is 6.07 Å². The predicted molar refractivity (Wildman–Crippen MR) is 102 cm³/mol. The molecule has 0 aliphatic rings. The lowest BCUT2D eigenvalue weighted by atomic mass is 9.97. The predicted octanol–water partition coefficient (Wildman–Crippen LogP) is 4.94. The molecule has 1 amide bonds. The van der Waals surface area contributed by atoms with Gasteiger partial charge in [-0.15, -0.1) is 0 Å². The van der Waals surface area contributed by atoms with Gasteiger partial charge in [0.1, 0.15) is 11.9 Å². The monoisotopic (exact) mass is 411 g/mol. The molecule has 5 heteroatoms. The second-order valence-corrected chi connectivity index (χ2v) is 6.52. The third-order valence-electron chi connectivity index (χ3n) is 3.92. The van der Waals surface area contributed by atoms with Crippen LogP contribution in [0.15, 0.2) is 83.3 Å². The molecule has 0 aromatic heterocycles. The molecule has 1 N–H and O–H groups in total. The van der Waals surface area contributed by atoms with Crippen molar-refractivity contribution in [1.82, 2.24) is 5.32 Å². The number of rotatable bonds is 5. The van der Waals surface area contributed by atoms with Crippen LogP contribution in [0.1, 0.15) is 32.3 Å². The van der Waals surface area contributed by atoms with Gasteiger partial charge in [0.15, 0.2) is 5.78 Å². The summed E-state index contributed by atoms with van der Waals surface area (Å²) in [5.41, 5.74) is 1.40. The molecule has 0 fully saturated rings. The highest BCUT2D eigenvalue weighted by Crippen LogP contribution is 2.22. The number of carbonyl (C=O) groups excluding carboxylic acids is 2. The molecule has 0 aliphatic heterocycles. The first kappa shape index (κ1) is 18.0. The van der Waals surface area contributed by atoms with Crippen LogP contribution in [-0.2, 0) is 0 Å². The topological polar surface area (TPSA) is 46.2 Å². The van der Waals surface area contributed by atoms with Crippen molar-refractivity contribution in [2.24, 2.45) is 0 Å². The number of amides is 1. The number of hydrogen-bond acceptors (Lipinski definition) is 2. The van der Waals surface area contributed by atoms with E-state index >= 15 is 0 Å². The zero-order valence-electron chi connectivity index (χ0n) is 13.7. The maximum atomic E-state index is 13.3. The van der Waals surface area contributed by atoms with Crippen LogP contribution >= 0.6 is 15.9 Å². The standard InChI is InChI=1S/C21H15BrFNO2/c22-18-9-5-4-8-17(18)21(26)24-19(14-10-12-16(23)13-11-14)20(25)15-6-2-1-3-7-15/h1-13,19H,(H,24,26). The third kappa shape index (κ3) is 4.06. The Hall–Kier alpha value is -2.79. The number of nitrogens with one attached hydrogen (secondary N) is 1. The Kier molecular flexibility index (Phi) is 5.58. The largest absolute Gasteiger partial charge is 0.338 e. The number of benzene rings is 3. The van der Waals surface area contributed by atoms with Gasteiger partial charge in [0.25, 0.3) is 5.91 Å². The maximum Gasteiger partial charge on any atom is 0.253 e. The summed E-state index contributed by atoms with van der Waals surface area (Å²) >= 11 is 3.34. The molecule has 0 spiro atoms. The highest BCUT2D eigenvalue weighted by Gasteiger charge is 2.25. The second-order valence-electron chi connectivity index (χ2n) is 5.67. The highest BCUT2D eigenvalue weighted by molar-refractivity contribution is 9.10. The molecule has 0 heterocycles. The smallest absolute Gasteiger partial charge is 0.253 e. The second kappa shape index (κ2) is 8.06. The van der Waals surface area contributed by atoms with E-state index in [1.54, 1.807) is 48.5 Å². The molecule has 3 aromatic carbocycles. The number of hydrogen-bond donors (Lipinski definition) is 1. The molecule has 1 unspecified atom stereocenters. The first-order chi connectivity index (χ1) is 12.6. The van der Waals surface area contributed by atoms with Gasteiger partial charge in [-0.2, -0.15) is 0 Å². The molecule has 26 heavy (non-hydrogen) atoms. The molecule has 0 saturated heterocycles. The normalized spacial score (nSPS) is 11.6. The van der Waals surface area contributed by atoms with Crippen molar-refractivity contribution < 1.29 is 14.0 Å². The lowest BCUT2D eigenvalue weighted by Gasteiger charge is -2.19. The molecule has 3 aromatic rings. The van der Waals surface area contributed by atoms with Gasteiger partial charge >= 0.3 is 0 Å². The van der Waals surface area contributed by atoms with E-state index in [2.05, 4.69) is 21.2 Å². The molecule has 130 valence electrons. The van der Waals surface area contributed by atoms with E-state index in [9.17, 15) is 14.0 Å². The Bertz CT molecular complexity index is 926. The van der Waals surface area contributed by atoms with Gasteiger partial charge in [-0.3, -0.25) is 9.59 Å². The van der Waals surface area contributed by atoms with Crippen LogP contribution in [0, 0.1) is 5.82 Å². The molecule has 3 rings (SSSR count). The lowest BCUT2D eigenvalue weighted by molar-refractivity contribution is 0.0856. The Labute approximate surface area is 159 Å². The van der Waals surface area contributed by atoms with E-state index in [-0.39, 0.29) is 5.78 Å². The summed E-state index contributed by atoms with van der Waals surface area (Å²) in [6.07, 6.45) is 0. The summed E-state index contributed by atoms with van der Waals surface area (Å²) in [4.78, 5) is 25.6. The molecular weight excluding hydrogens is 397 g/mol. The quantitative estimate of drug-likeness (QED) is 0.604. The summed E-state index contributed by atoms with van der Waals surface area (Å²) in [6.45, 7) is 0. The fraction of sp³-hybridized carbons (Fsp3) is 0.0476. The fourth-order valence-corrected chi connectivity index (χ4v) is 3.04. The number of halogens is 2. The van der Waals surface area contributed by atoms with Gasteiger partial charge in [-0.05, 0) is 45.8 Å². The van der Waals surface area contributed by atoms with Crippen molar-refractivity contribution in [2.45, 2.75) is 6.04 Å². The van der Waals surface area contributed by atoms with Crippen LogP contribution in [0.3, 0.4) is 0 Å². The first-order valence-electron chi connectivity index (χ1n) is 7.96. The lowest BCUT2D eigenvalue weighted by Crippen LogP contribution is -2.34. The van der Waals surface area contributed by atoms with E-state index in [0.717, 1.165) is 0 Å². The number of ketones is 1. The Morgan fingerprint density at radius 2 is 1.46 bits per heavy atom. The summed E-state index contributed by atoms with van der Waals surface area (Å²) in [6, 6.07) is 20.3. The van der Waals surface area contributed by atoms with Crippen LogP contribution in [0.5, 0.6) is 0 Å². The fourth-order valence-electron chi connectivity index (χ4n) is 2.58. The van der Waals surface area contributed by atoms with E-state index in [0.29, 0.717) is 21.2 Å². The minimum atomic E-state index is -0.919. The van der Waals surface area contributed by atoms with Crippen LogP contribution in [0.2, 0.25) is 0 Å². The van der Waals surface area contributed by atoms with Gasteiger partial charge in [0, 0.05) is 10.0 Å². The van der Waals surface area contributed by atoms with Gasteiger partial charge in [-0.25, -0.2) is 4.39 Å². The molecule has 0 aliphatic carbocycles. The van der Waals surface area contributed by atoms with Crippen molar-refractivity contribution in [2.75, 3.05) is 0 Å². The van der Waals surface area contributed by atoms with E-state index in [4.69, 9.17) is 0 Å². The van der Waals surface area contributed by atoms with E-state index in [1.165, 1.54) is 24.3 Å². The summed E-state index contributed by atoms with van der Waals surface area (Å²) in [5, 5.41) is 2.77. The van der Waals surface area contributed by atoms with Gasteiger partial charge in [-0.1, -0.05) is 54.6 Å². The molecule has 0 saturated carbocycles. The Morgan fingerprint density at radius 3 is 2.12 bits per heavy atom. The van der Waals surface area contributed by atoms with Crippen LogP contribution in [0.25, 0.3) is 0 Å². The Morgan fingerprint density at radius 1 is 0.846 bits per heavy atom. The molecular formula is C21H15BrFNO2. The molecule has 1 atom stereocenters. The summed E-state index contributed by atoms with van der Waals surface area (Å²) in [7, 11) is 0. The SMILES string of the molecule is O=C(NC(C(=O)c1ccccc1)c1ccc(F)cc1)c1ccccc1Br. The number of Topliss-reactive ketones (excluding diaryl/α,β-unsaturated/α-hetero) is 1. The van der Waals surface area contributed by atoms with Crippen molar-refractivity contribution in [3.05, 3.63) is 106 Å². The van der Waals surface area contributed by atoms with Crippen molar-refractivity contribution in [1.29, 1.82) is 0 Å². The summed E-state index contributed by atoms with van der Waals surface area (Å²) < 4.78 is 13.9. The first-order valence-corrected chi connectivity index (χ1v) is 8.75. The maximum absolute atomic E-state index is 13.3. The molecule has 0 radical (unpaired) electrons. The molecule has 0 bridgehead atoms. The third-order valence-corrected chi connectivity index (χ3v) is 4.61. The Balaban J connectivity index is 1.95. The van der Waals surface area contributed by atoms with Crippen LogP contribution in [-0.4, -0.2) is 11.7 Å². The van der Waals surface area contributed by atoms with Crippen molar-refractivity contribution in [3.63, 3.8) is 0 Å². The van der Waals surface area contributed by atoms with E-state index < -0.39 is 17.8 Å². The van der Waals surface area contributed by atoms with Gasteiger partial charge in [0.2, 0.25) is 0 Å². The van der Waals surface area contributed by atoms with Gasteiger partial charge in [0.05, 0.1) is 5.56 Å². The minimum absolute atomic E-state index is 0.266. The molecule has 3 nitrogen and oxygen atoms in total. The highest BCUT2D eigenvalue weighted by atomic mass is 79.9. The van der Waals surface area contributed by atoms with Crippen molar-refractivity contribution >= 4 is 27.6 Å².